The van der Waals surface area contributed by atoms with Crippen molar-refractivity contribution in [1.82, 2.24) is 0 Å². The maximum atomic E-state index is 12.3. The van der Waals surface area contributed by atoms with Crippen molar-refractivity contribution < 1.29 is 14.3 Å². The molecule has 1 N–H and O–H groups in total. The molecule has 0 saturated carbocycles. The van der Waals surface area contributed by atoms with Gasteiger partial charge in [-0.05, 0) is 47.6 Å². The third-order valence-electron chi connectivity index (χ3n) is 4.66. The van der Waals surface area contributed by atoms with Crippen LogP contribution in [0.15, 0.2) is 36.4 Å². The highest BCUT2D eigenvalue weighted by molar-refractivity contribution is 5.91. The van der Waals surface area contributed by atoms with Crippen molar-refractivity contribution in [3.63, 3.8) is 0 Å². The van der Waals surface area contributed by atoms with Gasteiger partial charge in [-0.2, -0.15) is 0 Å². The van der Waals surface area contributed by atoms with E-state index in [0.29, 0.717) is 25.4 Å². The normalized spacial score (nSPS) is 13.4. The number of hydrogen-bond donors (Lipinski definition) is 1. The van der Waals surface area contributed by atoms with Gasteiger partial charge in [-0.1, -0.05) is 39.0 Å². The zero-order valence-electron chi connectivity index (χ0n) is 16.0. The van der Waals surface area contributed by atoms with Crippen molar-refractivity contribution in [2.24, 2.45) is 0 Å². The number of carbonyl (C=O) groups is 1. The highest BCUT2D eigenvalue weighted by Gasteiger charge is 2.15. The molecule has 0 aromatic heterocycles. The van der Waals surface area contributed by atoms with Crippen LogP contribution in [-0.4, -0.2) is 19.1 Å². The maximum Gasteiger partial charge on any atom is 0.224 e. The minimum atomic E-state index is 0.000903. The van der Waals surface area contributed by atoms with Gasteiger partial charge >= 0.3 is 0 Å². The van der Waals surface area contributed by atoms with Crippen molar-refractivity contribution >= 4 is 11.6 Å². The van der Waals surface area contributed by atoms with Gasteiger partial charge in [0.1, 0.15) is 13.2 Å². The molecule has 4 heteroatoms. The first-order chi connectivity index (χ1) is 12.3. The molecule has 0 unspecified atom stereocenters. The number of anilines is 1. The minimum absolute atomic E-state index is 0.000903. The van der Waals surface area contributed by atoms with Crippen LogP contribution in [0.2, 0.25) is 0 Å². The standard InChI is InChI=1S/C22H27NO3/c1-15-13-17(22(2,3)4)7-5-16(15)6-10-21(24)23-18-8-9-19-20(14-18)26-12-11-25-19/h5,7-9,13-14H,6,10-12H2,1-4H3,(H,23,24). The first-order valence-corrected chi connectivity index (χ1v) is 9.12. The van der Waals surface area contributed by atoms with Crippen LogP contribution >= 0.6 is 0 Å². The Morgan fingerprint density at radius 3 is 2.46 bits per heavy atom. The van der Waals surface area contributed by atoms with E-state index in [4.69, 9.17) is 9.47 Å². The summed E-state index contributed by atoms with van der Waals surface area (Å²) in [5.74, 6) is 1.41. The van der Waals surface area contributed by atoms with Crippen LogP contribution in [0.1, 0.15) is 43.9 Å². The number of benzene rings is 2. The van der Waals surface area contributed by atoms with Crippen LogP contribution in [0.4, 0.5) is 5.69 Å². The molecule has 2 aromatic rings. The third-order valence-corrected chi connectivity index (χ3v) is 4.66. The van der Waals surface area contributed by atoms with E-state index < -0.39 is 0 Å². The van der Waals surface area contributed by atoms with E-state index in [-0.39, 0.29) is 11.3 Å². The molecule has 138 valence electrons. The molecule has 0 fully saturated rings. The van der Waals surface area contributed by atoms with Crippen LogP contribution in [0.5, 0.6) is 11.5 Å². The minimum Gasteiger partial charge on any atom is -0.486 e. The van der Waals surface area contributed by atoms with Crippen LogP contribution in [0, 0.1) is 6.92 Å². The molecule has 1 heterocycles. The number of rotatable bonds is 4. The first-order valence-electron chi connectivity index (χ1n) is 9.12. The Kier molecular flexibility index (Phi) is 5.21. The van der Waals surface area contributed by atoms with Crippen molar-refractivity contribution in [2.75, 3.05) is 18.5 Å². The molecule has 0 spiro atoms. The predicted octanol–water partition coefficient (Wildman–Crippen LogP) is 4.64. The van der Waals surface area contributed by atoms with Crippen LogP contribution in [-0.2, 0) is 16.6 Å². The summed E-state index contributed by atoms with van der Waals surface area (Å²) in [6.45, 7) is 9.84. The lowest BCUT2D eigenvalue weighted by atomic mass is 9.85. The van der Waals surface area contributed by atoms with Gasteiger partial charge in [0.2, 0.25) is 5.91 Å². The molecular weight excluding hydrogens is 326 g/mol. The predicted molar refractivity (Wildman–Crippen MR) is 104 cm³/mol. The number of amides is 1. The zero-order valence-corrected chi connectivity index (χ0v) is 16.0. The Bertz CT molecular complexity index is 806. The second-order valence-electron chi connectivity index (χ2n) is 7.80. The highest BCUT2D eigenvalue weighted by atomic mass is 16.6. The van der Waals surface area contributed by atoms with Crippen molar-refractivity contribution in [1.29, 1.82) is 0 Å². The lowest BCUT2D eigenvalue weighted by Crippen LogP contribution is -2.16. The Morgan fingerprint density at radius 1 is 1.04 bits per heavy atom. The molecule has 0 atom stereocenters. The van der Waals surface area contributed by atoms with Gasteiger partial charge in [-0.25, -0.2) is 0 Å². The third kappa shape index (κ3) is 4.37. The summed E-state index contributed by atoms with van der Waals surface area (Å²) >= 11 is 0. The summed E-state index contributed by atoms with van der Waals surface area (Å²) in [5, 5.41) is 2.94. The number of aryl methyl sites for hydroxylation is 2. The SMILES string of the molecule is Cc1cc(C(C)(C)C)ccc1CCC(=O)Nc1ccc2c(c1)OCCO2. The fourth-order valence-corrected chi connectivity index (χ4v) is 3.04. The van der Waals surface area contributed by atoms with Gasteiger partial charge in [-0.15, -0.1) is 0 Å². The zero-order chi connectivity index (χ0) is 18.7. The molecule has 1 aliphatic heterocycles. The van der Waals surface area contributed by atoms with Crippen LogP contribution < -0.4 is 14.8 Å². The van der Waals surface area contributed by atoms with Gasteiger partial charge in [0.05, 0.1) is 0 Å². The van der Waals surface area contributed by atoms with Gasteiger partial charge in [0, 0.05) is 18.2 Å². The Morgan fingerprint density at radius 2 is 1.77 bits per heavy atom. The quantitative estimate of drug-likeness (QED) is 0.871. The molecule has 0 radical (unpaired) electrons. The Balaban J connectivity index is 1.59. The molecule has 4 nitrogen and oxygen atoms in total. The van der Waals surface area contributed by atoms with E-state index in [1.165, 1.54) is 16.7 Å². The molecule has 1 aliphatic rings. The second-order valence-corrected chi connectivity index (χ2v) is 7.80. The fraction of sp³-hybridized carbons (Fsp3) is 0.409. The molecule has 0 bridgehead atoms. The van der Waals surface area contributed by atoms with Crippen LogP contribution in [0.3, 0.4) is 0 Å². The van der Waals surface area contributed by atoms with Gasteiger partial charge in [0.25, 0.3) is 0 Å². The largest absolute Gasteiger partial charge is 0.486 e. The van der Waals surface area contributed by atoms with Crippen molar-refractivity contribution in [2.45, 2.75) is 46.0 Å². The molecule has 0 aliphatic carbocycles. The summed E-state index contributed by atoms with van der Waals surface area (Å²) in [6, 6.07) is 12.0. The lowest BCUT2D eigenvalue weighted by molar-refractivity contribution is -0.116. The molecule has 0 saturated heterocycles. The number of carbonyl (C=O) groups excluding carboxylic acids is 1. The van der Waals surface area contributed by atoms with Gasteiger partial charge in [0.15, 0.2) is 11.5 Å². The van der Waals surface area contributed by atoms with E-state index in [9.17, 15) is 4.79 Å². The number of fused-ring (bicyclic) bond motifs is 1. The summed E-state index contributed by atoms with van der Waals surface area (Å²) in [5.41, 5.74) is 4.65. The fourth-order valence-electron chi connectivity index (χ4n) is 3.04. The van der Waals surface area contributed by atoms with E-state index in [0.717, 1.165) is 17.9 Å². The maximum absolute atomic E-state index is 12.3. The number of ether oxygens (including phenoxy) is 2. The lowest BCUT2D eigenvalue weighted by Gasteiger charge is -2.20. The number of hydrogen-bond acceptors (Lipinski definition) is 3. The van der Waals surface area contributed by atoms with Gasteiger partial charge in [-0.3, -0.25) is 4.79 Å². The smallest absolute Gasteiger partial charge is 0.224 e. The molecule has 1 amide bonds. The molecule has 3 rings (SSSR count). The Hall–Kier alpha value is -2.49. The van der Waals surface area contributed by atoms with Crippen LogP contribution in [0.25, 0.3) is 0 Å². The van der Waals surface area contributed by atoms with Crippen molar-refractivity contribution in [3.05, 3.63) is 53.1 Å². The average Bonchev–Trinajstić information content (AvgIpc) is 2.59. The summed E-state index contributed by atoms with van der Waals surface area (Å²) in [4.78, 5) is 12.3. The topological polar surface area (TPSA) is 47.6 Å². The van der Waals surface area contributed by atoms with Gasteiger partial charge < -0.3 is 14.8 Å². The molecular formula is C22H27NO3. The molecule has 2 aromatic carbocycles. The Labute approximate surface area is 155 Å². The summed E-state index contributed by atoms with van der Waals surface area (Å²) < 4.78 is 11.1. The van der Waals surface area contributed by atoms with E-state index in [1.807, 2.05) is 18.2 Å². The highest BCUT2D eigenvalue weighted by Crippen LogP contribution is 2.32. The van der Waals surface area contributed by atoms with E-state index in [1.54, 1.807) is 0 Å². The molecule has 26 heavy (non-hydrogen) atoms. The van der Waals surface area contributed by atoms with Crippen molar-refractivity contribution in [3.8, 4) is 11.5 Å². The second kappa shape index (κ2) is 7.40. The van der Waals surface area contributed by atoms with E-state index in [2.05, 4.69) is 51.2 Å². The first kappa shape index (κ1) is 18.3. The summed E-state index contributed by atoms with van der Waals surface area (Å²) in [7, 11) is 0. The number of nitrogens with one attached hydrogen (secondary N) is 1. The van der Waals surface area contributed by atoms with E-state index >= 15 is 0 Å². The monoisotopic (exact) mass is 353 g/mol. The summed E-state index contributed by atoms with van der Waals surface area (Å²) in [6.07, 6.45) is 1.18. The average molecular weight is 353 g/mol.